The molecule has 8 heteroatoms. The molecule has 3 N–H and O–H groups in total. The van der Waals surface area contributed by atoms with Gasteiger partial charge in [-0.3, -0.25) is 14.5 Å². The number of hydrogen-bond acceptors (Lipinski definition) is 5. The van der Waals surface area contributed by atoms with E-state index in [1.807, 2.05) is 24.3 Å². The first-order chi connectivity index (χ1) is 11.9. The van der Waals surface area contributed by atoms with Gasteiger partial charge in [0.2, 0.25) is 5.91 Å². The number of amides is 4. The van der Waals surface area contributed by atoms with Crippen molar-refractivity contribution < 1.29 is 24.2 Å². The van der Waals surface area contributed by atoms with Crippen LogP contribution in [-0.4, -0.2) is 60.2 Å². The average Bonchev–Trinajstić information content (AvgIpc) is 2.86. The van der Waals surface area contributed by atoms with Gasteiger partial charge in [0.15, 0.2) is 0 Å². The van der Waals surface area contributed by atoms with Crippen LogP contribution >= 0.6 is 0 Å². The number of rotatable bonds is 8. The monoisotopic (exact) mass is 349 g/mol. The van der Waals surface area contributed by atoms with Gasteiger partial charge in [-0.05, 0) is 31.0 Å². The summed E-state index contributed by atoms with van der Waals surface area (Å²) in [5, 5.41) is 14.0. The second-order valence-electron chi connectivity index (χ2n) is 5.95. The van der Waals surface area contributed by atoms with Gasteiger partial charge in [0, 0.05) is 12.6 Å². The van der Waals surface area contributed by atoms with Crippen LogP contribution in [0.1, 0.15) is 18.9 Å². The summed E-state index contributed by atoms with van der Waals surface area (Å²) in [7, 11) is 1.58. The zero-order valence-corrected chi connectivity index (χ0v) is 14.3. The number of benzene rings is 1. The molecule has 0 aliphatic carbocycles. The fourth-order valence-corrected chi connectivity index (χ4v) is 2.52. The Morgan fingerprint density at radius 2 is 2.04 bits per heavy atom. The van der Waals surface area contributed by atoms with Crippen LogP contribution in [0.3, 0.4) is 0 Å². The minimum absolute atomic E-state index is 0.145. The van der Waals surface area contributed by atoms with Crippen molar-refractivity contribution in [3.8, 4) is 5.75 Å². The van der Waals surface area contributed by atoms with Crippen LogP contribution in [0.25, 0.3) is 0 Å². The summed E-state index contributed by atoms with van der Waals surface area (Å²) in [6.45, 7) is 1.70. The van der Waals surface area contributed by atoms with Crippen LogP contribution in [0.15, 0.2) is 24.3 Å². The van der Waals surface area contributed by atoms with Crippen molar-refractivity contribution in [2.45, 2.75) is 31.8 Å². The lowest BCUT2D eigenvalue weighted by Crippen LogP contribution is -2.40. The maximum absolute atomic E-state index is 12.3. The number of carbonyl (C=O) groups is 3. The summed E-state index contributed by atoms with van der Waals surface area (Å²) >= 11 is 0. The largest absolute Gasteiger partial charge is 0.497 e. The topological polar surface area (TPSA) is 108 Å². The number of ether oxygens (including phenoxy) is 1. The van der Waals surface area contributed by atoms with E-state index in [1.165, 1.54) is 0 Å². The summed E-state index contributed by atoms with van der Waals surface area (Å²) in [5.41, 5.74) is 0.972. The van der Waals surface area contributed by atoms with Crippen LogP contribution in [0.2, 0.25) is 0 Å². The Bertz CT molecular complexity index is 632. The molecule has 2 atom stereocenters. The highest BCUT2D eigenvalue weighted by Crippen LogP contribution is 2.14. The number of aliphatic hydroxyl groups excluding tert-OH is 1. The Labute approximate surface area is 146 Å². The van der Waals surface area contributed by atoms with Gasteiger partial charge in [0.25, 0.3) is 5.91 Å². The smallest absolute Gasteiger partial charge is 0.324 e. The zero-order valence-electron chi connectivity index (χ0n) is 14.3. The van der Waals surface area contributed by atoms with Crippen LogP contribution in [0, 0.1) is 0 Å². The number of imide groups is 1. The van der Waals surface area contributed by atoms with Gasteiger partial charge in [-0.15, -0.1) is 0 Å². The molecule has 136 valence electrons. The molecule has 0 saturated carbocycles. The molecule has 1 aliphatic rings. The van der Waals surface area contributed by atoms with Gasteiger partial charge in [0.05, 0.1) is 20.1 Å². The summed E-state index contributed by atoms with van der Waals surface area (Å²) in [5.74, 6) is -0.0653. The molecule has 8 nitrogen and oxygen atoms in total. The van der Waals surface area contributed by atoms with Crippen molar-refractivity contribution in [1.29, 1.82) is 0 Å². The van der Waals surface area contributed by atoms with Crippen LogP contribution in [0.4, 0.5) is 4.79 Å². The highest BCUT2D eigenvalue weighted by Gasteiger charge is 2.38. The lowest BCUT2D eigenvalue weighted by Gasteiger charge is -2.14. The lowest BCUT2D eigenvalue weighted by molar-refractivity contribution is -0.131. The molecular formula is C17H23N3O5. The van der Waals surface area contributed by atoms with Gasteiger partial charge in [-0.25, -0.2) is 4.79 Å². The number of hydrogen-bond donors (Lipinski definition) is 3. The lowest BCUT2D eigenvalue weighted by atomic mass is 10.1. The number of methoxy groups -OCH3 is 1. The molecule has 0 spiro atoms. The summed E-state index contributed by atoms with van der Waals surface area (Å²) in [4.78, 5) is 37.2. The Morgan fingerprint density at radius 3 is 2.64 bits per heavy atom. The second-order valence-corrected chi connectivity index (χ2v) is 5.95. The second kappa shape index (κ2) is 8.48. The van der Waals surface area contributed by atoms with Crippen LogP contribution in [-0.2, 0) is 16.0 Å². The van der Waals surface area contributed by atoms with E-state index in [9.17, 15) is 14.4 Å². The van der Waals surface area contributed by atoms with Crippen molar-refractivity contribution in [1.82, 2.24) is 15.5 Å². The molecule has 1 heterocycles. The van der Waals surface area contributed by atoms with Gasteiger partial charge in [0.1, 0.15) is 11.8 Å². The molecule has 0 unspecified atom stereocenters. The Morgan fingerprint density at radius 1 is 1.36 bits per heavy atom. The van der Waals surface area contributed by atoms with Crippen LogP contribution < -0.4 is 15.4 Å². The fraction of sp³-hybridized carbons (Fsp3) is 0.471. The molecule has 1 saturated heterocycles. The number of urea groups is 1. The summed E-state index contributed by atoms with van der Waals surface area (Å²) in [6.07, 6.45) is 0.373. The van der Waals surface area contributed by atoms with E-state index in [2.05, 4.69) is 10.6 Å². The molecule has 25 heavy (non-hydrogen) atoms. The van der Waals surface area contributed by atoms with Crippen molar-refractivity contribution >= 4 is 17.8 Å². The quantitative estimate of drug-likeness (QED) is 0.575. The first kappa shape index (κ1) is 18.7. The standard InChI is InChI=1S/C17H23N3O5/c1-11(10-21)18-15(22)9-14-16(23)20(17(24)19-14)8-7-12-3-5-13(25-2)6-4-12/h3-6,11,14,21H,7-10H2,1-2H3,(H,18,22)(H,19,24)/t11-,14-/m0/s1. The van der Waals surface area contributed by atoms with E-state index in [-0.39, 0.29) is 19.6 Å². The third-order valence-electron chi connectivity index (χ3n) is 3.96. The minimum Gasteiger partial charge on any atom is -0.497 e. The Kier molecular flexibility index (Phi) is 6.35. The van der Waals surface area contributed by atoms with Crippen molar-refractivity contribution in [2.24, 2.45) is 0 Å². The first-order valence-corrected chi connectivity index (χ1v) is 8.09. The van der Waals surface area contributed by atoms with Gasteiger partial charge >= 0.3 is 6.03 Å². The molecule has 1 aliphatic heterocycles. The van der Waals surface area contributed by atoms with E-state index in [0.29, 0.717) is 6.42 Å². The van der Waals surface area contributed by atoms with E-state index in [0.717, 1.165) is 16.2 Å². The Hall–Kier alpha value is -2.61. The average molecular weight is 349 g/mol. The Balaban J connectivity index is 1.88. The fourth-order valence-electron chi connectivity index (χ4n) is 2.52. The number of carbonyl (C=O) groups excluding carboxylic acids is 3. The molecule has 1 aromatic rings. The predicted molar refractivity (Wildman–Crippen MR) is 90.0 cm³/mol. The molecule has 1 fully saturated rings. The van der Waals surface area contributed by atoms with Crippen molar-refractivity contribution in [3.63, 3.8) is 0 Å². The summed E-state index contributed by atoms with van der Waals surface area (Å²) in [6, 6.07) is 5.62. The number of aliphatic hydroxyl groups is 1. The van der Waals surface area contributed by atoms with E-state index < -0.39 is 29.9 Å². The van der Waals surface area contributed by atoms with Crippen molar-refractivity contribution in [2.75, 3.05) is 20.3 Å². The normalized spacial score (nSPS) is 18.0. The molecule has 2 rings (SSSR count). The third-order valence-corrected chi connectivity index (χ3v) is 3.96. The van der Waals surface area contributed by atoms with Gasteiger partial charge < -0.3 is 20.5 Å². The van der Waals surface area contributed by atoms with Crippen molar-refractivity contribution in [3.05, 3.63) is 29.8 Å². The number of nitrogens with one attached hydrogen (secondary N) is 2. The molecule has 1 aromatic carbocycles. The predicted octanol–water partition coefficient (Wildman–Crippen LogP) is 0.0452. The zero-order chi connectivity index (χ0) is 18.4. The molecule has 4 amide bonds. The van der Waals surface area contributed by atoms with Gasteiger partial charge in [-0.1, -0.05) is 12.1 Å². The molecular weight excluding hydrogens is 326 g/mol. The van der Waals surface area contributed by atoms with E-state index in [1.54, 1.807) is 14.0 Å². The first-order valence-electron chi connectivity index (χ1n) is 8.09. The number of nitrogens with zero attached hydrogens (tertiary/aromatic N) is 1. The molecule has 0 radical (unpaired) electrons. The maximum Gasteiger partial charge on any atom is 0.324 e. The van der Waals surface area contributed by atoms with E-state index in [4.69, 9.17) is 9.84 Å². The minimum atomic E-state index is -0.866. The van der Waals surface area contributed by atoms with E-state index >= 15 is 0 Å². The highest BCUT2D eigenvalue weighted by atomic mass is 16.5. The van der Waals surface area contributed by atoms with Crippen LogP contribution in [0.5, 0.6) is 5.75 Å². The third kappa shape index (κ3) is 4.93. The highest BCUT2D eigenvalue weighted by molar-refractivity contribution is 6.05. The molecule has 0 aromatic heterocycles. The summed E-state index contributed by atoms with van der Waals surface area (Å²) < 4.78 is 5.09. The van der Waals surface area contributed by atoms with Gasteiger partial charge in [-0.2, -0.15) is 0 Å². The maximum atomic E-state index is 12.3. The molecule has 0 bridgehead atoms. The SMILES string of the molecule is COc1ccc(CCN2C(=O)N[C@@H](CC(=O)N[C@@H](C)CO)C2=O)cc1.